The molecule has 10 rings (SSSR count). The van der Waals surface area contributed by atoms with Crippen LogP contribution in [0.25, 0.3) is 0 Å². The molecule has 0 bridgehead atoms. The second kappa shape index (κ2) is 63.8. The lowest BCUT2D eigenvalue weighted by Crippen LogP contribution is -1.92. The molecule has 0 amide bonds. The van der Waals surface area contributed by atoms with Gasteiger partial charge in [0.2, 0.25) is 11.8 Å². The molecule has 0 aliphatic heterocycles. The zero-order chi connectivity index (χ0) is 63.3. The highest BCUT2D eigenvalue weighted by Crippen LogP contribution is 2.04. The Hall–Kier alpha value is -7.76. The number of hydrogen-bond acceptors (Lipinski definition) is 24. The molecule has 28 nitrogen and oxygen atoms in total. The van der Waals surface area contributed by atoms with Gasteiger partial charge in [-0.1, -0.05) is 118 Å². The summed E-state index contributed by atoms with van der Waals surface area (Å²) in [7, 11) is 11.1. The molecular formula is C50H100N26O2S2. The molecule has 0 spiro atoms. The van der Waals surface area contributed by atoms with Gasteiger partial charge in [-0.05, 0) is 55.4 Å². The first kappa shape index (κ1) is 86.1. The van der Waals surface area contributed by atoms with Crippen LogP contribution >= 0.6 is 23.1 Å². The third kappa shape index (κ3) is 55.0. The lowest BCUT2D eigenvalue weighted by atomic mass is 10.4. The first-order chi connectivity index (χ1) is 38.4. The molecule has 10 aromatic heterocycles. The van der Waals surface area contributed by atoms with Crippen LogP contribution in [0.15, 0.2) is 71.8 Å². The first-order valence-corrected chi connectivity index (χ1v) is 27.8. The van der Waals surface area contributed by atoms with Gasteiger partial charge in [0.05, 0.1) is 35.5 Å². The van der Waals surface area contributed by atoms with Gasteiger partial charge in [0.25, 0.3) is 0 Å². The van der Waals surface area contributed by atoms with Crippen LogP contribution in [-0.4, -0.2) is 129 Å². The quantitative estimate of drug-likeness (QED) is 0.136. The molecular weight excluding hydrogens is 1060 g/mol. The maximum Gasteiger partial charge on any atom is 0.213 e. The van der Waals surface area contributed by atoms with E-state index >= 15 is 0 Å². The lowest BCUT2D eigenvalue weighted by Gasteiger charge is -1.90. The van der Waals surface area contributed by atoms with Crippen LogP contribution in [0.2, 0.25) is 0 Å². The molecule has 0 atom stereocenters. The lowest BCUT2D eigenvalue weighted by molar-refractivity contribution is 0.302. The third-order valence-corrected chi connectivity index (χ3v) is 8.47. The summed E-state index contributed by atoms with van der Waals surface area (Å²) in [6.07, 6.45) is 16.4. The molecule has 0 aliphatic rings. The Labute approximate surface area is 486 Å². The van der Waals surface area contributed by atoms with Gasteiger partial charge in [0, 0.05) is 68.5 Å². The van der Waals surface area contributed by atoms with Crippen molar-refractivity contribution in [1.82, 2.24) is 129 Å². The summed E-state index contributed by atoms with van der Waals surface area (Å²) in [5, 5.41) is 60.3. The number of hydrogen-bond donors (Lipinski definition) is 0. The Morgan fingerprint density at radius 2 is 0.750 bits per heavy atom. The van der Waals surface area contributed by atoms with E-state index in [2.05, 4.69) is 105 Å². The van der Waals surface area contributed by atoms with E-state index in [0.29, 0.717) is 11.8 Å². The van der Waals surface area contributed by atoms with Gasteiger partial charge in [-0.2, -0.15) is 18.9 Å². The Bertz CT molecular complexity index is 2230. The fraction of sp³-hybridized carbons (Fsp3) is 0.600. The highest BCUT2D eigenvalue weighted by Gasteiger charge is 1.96. The van der Waals surface area contributed by atoms with Gasteiger partial charge < -0.3 is 13.6 Å². The number of aryl methyl sites for hydroxylation is 15. The van der Waals surface area contributed by atoms with Gasteiger partial charge >= 0.3 is 0 Å². The van der Waals surface area contributed by atoms with E-state index in [-0.39, 0.29) is 0 Å². The van der Waals surface area contributed by atoms with Crippen LogP contribution in [0.1, 0.15) is 153 Å². The molecule has 80 heavy (non-hydrogen) atoms. The Morgan fingerprint density at radius 1 is 0.400 bits per heavy atom. The third-order valence-electron chi connectivity index (χ3n) is 7.01. The molecule has 0 saturated heterocycles. The van der Waals surface area contributed by atoms with E-state index in [9.17, 15) is 0 Å². The van der Waals surface area contributed by atoms with Crippen LogP contribution in [-0.2, 0) is 42.3 Å². The van der Waals surface area contributed by atoms with Gasteiger partial charge in [0.15, 0.2) is 0 Å². The normalized spacial score (nSPS) is 8.12. The Kier molecular flexibility index (Phi) is 68.7. The predicted octanol–water partition coefficient (Wildman–Crippen LogP) is 10.4. The summed E-state index contributed by atoms with van der Waals surface area (Å²) in [6.45, 7) is 46.9. The van der Waals surface area contributed by atoms with E-state index in [4.69, 9.17) is 4.42 Å². The van der Waals surface area contributed by atoms with Gasteiger partial charge in [0.1, 0.15) is 71.0 Å². The van der Waals surface area contributed by atoms with Crippen LogP contribution in [0, 0.1) is 69.2 Å². The predicted molar refractivity (Wildman–Crippen MR) is 321 cm³/mol. The zero-order valence-corrected chi connectivity index (χ0v) is 55.7. The first-order valence-electron chi connectivity index (χ1n) is 26.2. The average molecular weight is 1160 g/mol. The molecule has 454 valence electrons. The van der Waals surface area contributed by atoms with Gasteiger partial charge in [-0.25, -0.2) is 14.6 Å². The summed E-state index contributed by atoms with van der Waals surface area (Å²) < 4.78 is 27.4. The molecule has 10 heterocycles. The minimum Gasteiger partial charge on any atom is -0.426 e. The second-order valence-electron chi connectivity index (χ2n) is 12.8. The minimum atomic E-state index is 0.623. The van der Waals surface area contributed by atoms with Crippen molar-refractivity contribution < 1.29 is 9.05 Å². The van der Waals surface area contributed by atoms with Crippen molar-refractivity contribution >= 4 is 23.1 Å². The number of aromatic nitrogens is 26. The van der Waals surface area contributed by atoms with E-state index in [0.717, 1.165) is 44.4 Å². The molecule has 0 saturated carbocycles. The topological polar surface area (TPSA) is 314 Å². The van der Waals surface area contributed by atoms with Crippen LogP contribution in [0.3, 0.4) is 0 Å². The summed E-state index contributed by atoms with van der Waals surface area (Å²) in [5.41, 5.74) is 3.81. The molecule has 10 aromatic rings. The van der Waals surface area contributed by atoms with Crippen molar-refractivity contribution in [3.63, 3.8) is 0 Å². The maximum atomic E-state index is 4.86. The van der Waals surface area contributed by atoms with E-state index < -0.39 is 0 Å². The van der Waals surface area contributed by atoms with Crippen molar-refractivity contribution in [1.29, 1.82) is 0 Å². The van der Waals surface area contributed by atoms with Crippen molar-refractivity contribution in [3.05, 3.63) is 119 Å². The monoisotopic (exact) mass is 1160 g/mol. The van der Waals surface area contributed by atoms with E-state index in [1.54, 1.807) is 98.6 Å². The number of nitrogens with zero attached hydrogens (tertiary/aromatic N) is 26. The Morgan fingerprint density at radius 3 is 0.850 bits per heavy atom. The molecule has 0 fully saturated rings. The molecule has 0 aliphatic carbocycles. The smallest absolute Gasteiger partial charge is 0.213 e. The largest absolute Gasteiger partial charge is 0.426 e. The van der Waals surface area contributed by atoms with Crippen LogP contribution < -0.4 is 0 Å². The molecule has 0 N–H and O–H groups in total. The highest BCUT2D eigenvalue weighted by molar-refractivity contribution is 7.11. The van der Waals surface area contributed by atoms with Crippen molar-refractivity contribution in [2.75, 3.05) is 0 Å². The molecule has 30 heteroatoms. The van der Waals surface area contributed by atoms with Gasteiger partial charge in [-0.15, -0.1) is 62.3 Å². The number of rotatable bonds is 0. The fourth-order valence-corrected chi connectivity index (χ4v) is 4.32. The van der Waals surface area contributed by atoms with E-state index in [1.165, 1.54) is 24.4 Å². The SMILES string of the molecule is CC.CC.CC.CC.CC.CC.CC.Cc1nnc(C)n1C.Cc1nnc(C)o1.Cc1nnc(C)s1.Cc1nonc1C.Cc1nsnc1C.Cn1ccnn1.Cn1ccnn1.Cn1cncn1.Cn1cncn1.Cn1cnnc1. The Balaban J connectivity index is -0.000000145. The summed E-state index contributed by atoms with van der Waals surface area (Å²) >= 11 is 2.89. The van der Waals surface area contributed by atoms with Gasteiger partial charge in [-0.3, -0.25) is 18.7 Å². The maximum absolute atomic E-state index is 4.86. The van der Waals surface area contributed by atoms with Crippen molar-refractivity contribution in [2.45, 2.75) is 166 Å². The van der Waals surface area contributed by atoms with Crippen molar-refractivity contribution in [3.8, 4) is 0 Å². The highest BCUT2D eigenvalue weighted by atomic mass is 32.1. The second-order valence-corrected chi connectivity index (χ2v) is 14.7. The zero-order valence-electron chi connectivity index (χ0n) is 54.0. The summed E-state index contributed by atoms with van der Waals surface area (Å²) in [4.78, 5) is 7.35. The molecule has 0 unspecified atom stereocenters. The fourth-order valence-electron chi connectivity index (χ4n) is 3.18. The van der Waals surface area contributed by atoms with Crippen LogP contribution in [0.5, 0.6) is 0 Å². The summed E-state index contributed by atoms with van der Waals surface area (Å²) in [6, 6.07) is 0. The standard InChI is InChI=1S/C5H9N3.2C4H6N2O.2C4H6N2S.5C3H5N3.7C2H6/c1-4-6-7-5(2)8(4)3;1-3-5-6-4(2)7-3;1-3-4(2)6-7-5-3;1-3-5-6-4(2)7-3;1-3-4(2)6-7-5-3;1-6-2-4-5-3-6;2*1-6-3-4-2-5-6;2*1-6-3-2-4-5-6;7*1-2/h1-3H3;4*1-2H3;5*2-3H,1H3;7*1-2H3. The average Bonchev–Trinajstić information content (AvgIpc) is 4.31. The summed E-state index contributed by atoms with van der Waals surface area (Å²) in [5.74, 6) is 3.17. The molecule has 0 radical (unpaired) electrons. The molecule has 0 aromatic carbocycles. The van der Waals surface area contributed by atoms with E-state index in [1.807, 2.05) is 199 Å². The van der Waals surface area contributed by atoms with Crippen LogP contribution in [0.4, 0.5) is 0 Å². The minimum absolute atomic E-state index is 0.623. The van der Waals surface area contributed by atoms with Crippen molar-refractivity contribution in [2.24, 2.45) is 42.3 Å².